The number of nitrogens with zero attached hydrogens (tertiary/aromatic N) is 4. The highest BCUT2D eigenvalue weighted by molar-refractivity contribution is 9.11. The summed E-state index contributed by atoms with van der Waals surface area (Å²) in [7, 11) is 1.40. The van der Waals surface area contributed by atoms with Crippen molar-refractivity contribution in [2.45, 2.75) is 32.8 Å². The van der Waals surface area contributed by atoms with Gasteiger partial charge in [-0.05, 0) is 42.8 Å². The Morgan fingerprint density at radius 1 is 1.10 bits per heavy atom. The maximum Gasteiger partial charge on any atom is 0.315 e. The normalized spacial score (nSPS) is 11.3. The standard InChI is InChI=1S/C27H23Br3N4O5/c1-3-4-5-25-32-22-9-8-18(28)12-20(22)27(35)33(25)31-14-16-10-23(34(36)37)26(24(11-16)38-2)39-15-17-6-7-19(29)13-21(17)30/h6-14H,3-5,15H2,1-2H3. The van der Waals surface area contributed by atoms with E-state index in [9.17, 15) is 14.9 Å². The van der Waals surface area contributed by atoms with Crippen LogP contribution in [0.4, 0.5) is 5.69 Å². The number of ether oxygens (including phenoxy) is 2. The van der Waals surface area contributed by atoms with E-state index in [1.165, 1.54) is 24.1 Å². The average Bonchev–Trinajstić information content (AvgIpc) is 2.91. The smallest absolute Gasteiger partial charge is 0.315 e. The molecule has 0 fully saturated rings. The van der Waals surface area contributed by atoms with E-state index in [0.717, 1.165) is 31.8 Å². The quantitative estimate of drug-likeness (QED) is 0.0959. The molecule has 0 aliphatic carbocycles. The van der Waals surface area contributed by atoms with Crippen LogP contribution in [0.15, 0.2) is 71.8 Å². The molecule has 9 nitrogen and oxygen atoms in total. The van der Waals surface area contributed by atoms with Crippen molar-refractivity contribution >= 4 is 70.6 Å². The Hall–Kier alpha value is -3.09. The number of aryl methyl sites for hydroxylation is 1. The van der Waals surface area contributed by atoms with Gasteiger partial charge in [0.05, 0.1) is 29.2 Å². The van der Waals surface area contributed by atoms with Crippen LogP contribution in [0.2, 0.25) is 0 Å². The summed E-state index contributed by atoms with van der Waals surface area (Å²) in [5.74, 6) is 0.667. The summed E-state index contributed by atoms with van der Waals surface area (Å²) >= 11 is 10.3. The van der Waals surface area contributed by atoms with Crippen LogP contribution < -0.4 is 15.0 Å². The second-order valence-corrected chi connectivity index (χ2v) is 11.2. The van der Waals surface area contributed by atoms with Crippen molar-refractivity contribution < 1.29 is 14.4 Å². The van der Waals surface area contributed by atoms with E-state index in [0.29, 0.717) is 28.7 Å². The topological polar surface area (TPSA) is 109 Å². The minimum absolute atomic E-state index is 0.00695. The van der Waals surface area contributed by atoms with Crippen LogP contribution >= 0.6 is 47.8 Å². The molecule has 0 atom stereocenters. The summed E-state index contributed by atoms with van der Waals surface area (Å²) in [6, 6.07) is 13.8. The molecule has 1 aromatic heterocycles. The number of nitro benzene ring substituents is 1. The first kappa shape index (κ1) is 28.9. The number of nitro groups is 1. The van der Waals surface area contributed by atoms with Gasteiger partial charge in [-0.25, -0.2) is 4.98 Å². The lowest BCUT2D eigenvalue weighted by Crippen LogP contribution is -2.22. The summed E-state index contributed by atoms with van der Waals surface area (Å²) in [5.41, 5.74) is 1.12. The minimum atomic E-state index is -0.542. The third kappa shape index (κ3) is 6.74. The van der Waals surface area contributed by atoms with Gasteiger partial charge < -0.3 is 9.47 Å². The monoisotopic (exact) mass is 720 g/mol. The number of hydrogen-bond donors (Lipinski definition) is 0. The zero-order valence-electron chi connectivity index (χ0n) is 21.0. The Labute approximate surface area is 249 Å². The third-order valence-corrected chi connectivity index (χ3v) is 7.54. The molecule has 0 aliphatic rings. The fourth-order valence-corrected chi connectivity index (χ4v) is 5.36. The fraction of sp³-hybridized carbons (Fsp3) is 0.222. The molecule has 0 bridgehead atoms. The van der Waals surface area contributed by atoms with Gasteiger partial charge in [0.15, 0.2) is 5.75 Å². The Balaban J connectivity index is 1.74. The van der Waals surface area contributed by atoms with Crippen molar-refractivity contribution in [2.75, 3.05) is 7.11 Å². The first-order valence-corrected chi connectivity index (χ1v) is 14.3. The Morgan fingerprint density at radius 2 is 1.85 bits per heavy atom. The molecule has 1 heterocycles. The highest BCUT2D eigenvalue weighted by atomic mass is 79.9. The van der Waals surface area contributed by atoms with Gasteiger partial charge >= 0.3 is 5.69 Å². The zero-order chi connectivity index (χ0) is 28.1. The SMILES string of the molecule is CCCCc1nc2ccc(Br)cc2c(=O)n1N=Cc1cc(OC)c(OCc2ccc(Br)cc2Br)c([N+](=O)[O-])c1. The van der Waals surface area contributed by atoms with Crippen LogP contribution in [-0.2, 0) is 13.0 Å². The lowest BCUT2D eigenvalue weighted by Gasteiger charge is -2.13. The second-order valence-electron chi connectivity index (χ2n) is 8.51. The number of fused-ring (bicyclic) bond motifs is 1. The molecule has 0 aliphatic heterocycles. The maximum absolute atomic E-state index is 13.3. The summed E-state index contributed by atoms with van der Waals surface area (Å²) in [6.45, 7) is 2.13. The molecule has 0 saturated heterocycles. The van der Waals surface area contributed by atoms with Crippen LogP contribution in [0, 0.1) is 10.1 Å². The molecule has 4 aromatic rings. The molecule has 0 N–H and O–H groups in total. The van der Waals surface area contributed by atoms with Crippen molar-refractivity contribution in [3.8, 4) is 11.5 Å². The molecule has 0 spiro atoms. The highest BCUT2D eigenvalue weighted by Gasteiger charge is 2.23. The Kier molecular flexibility index (Phi) is 9.52. The van der Waals surface area contributed by atoms with Crippen LogP contribution in [0.5, 0.6) is 11.5 Å². The molecule has 39 heavy (non-hydrogen) atoms. The zero-order valence-corrected chi connectivity index (χ0v) is 25.7. The predicted molar refractivity (Wildman–Crippen MR) is 161 cm³/mol. The fourth-order valence-electron chi connectivity index (χ4n) is 3.84. The van der Waals surface area contributed by atoms with Crippen LogP contribution in [0.25, 0.3) is 10.9 Å². The summed E-state index contributed by atoms with van der Waals surface area (Å²) < 4.78 is 15.0. The van der Waals surface area contributed by atoms with Gasteiger partial charge in [-0.15, -0.1) is 0 Å². The van der Waals surface area contributed by atoms with Crippen LogP contribution in [0.1, 0.15) is 36.7 Å². The number of hydrogen-bond acceptors (Lipinski definition) is 7. The second kappa shape index (κ2) is 12.8. The summed E-state index contributed by atoms with van der Waals surface area (Å²) in [6.07, 6.45) is 3.67. The van der Waals surface area contributed by atoms with E-state index >= 15 is 0 Å². The number of halogens is 3. The molecule has 12 heteroatoms. The van der Waals surface area contributed by atoms with Gasteiger partial charge in [-0.3, -0.25) is 14.9 Å². The molecular weight excluding hydrogens is 700 g/mol. The van der Waals surface area contributed by atoms with E-state index in [-0.39, 0.29) is 29.4 Å². The number of rotatable bonds is 10. The predicted octanol–water partition coefficient (Wildman–Crippen LogP) is 7.40. The van der Waals surface area contributed by atoms with E-state index in [4.69, 9.17) is 9.47 Å². The lowest BCUT2D eigenvalue weighted by atomic mass is 10.1. The van der Waals surface area contributed by atoms with E-state index in [1.54, 1.807) is 18.2 Å². The van der Waals surface area contributed by atoms with E-state index in [1.807, 2.05) is 31.2 Å². The molecular formula is C27H23Br3N4O5. The molecule has 0 saturated carbocycles. The van der Waals surface area contributed by atoms with Crippen LogP contribution in [0.3, 0.4) is 0 Å². The van der Waals surface area contributed by atoms with Crippen molar-refractivity contribution in [3.05, 3.63) is 99.4 Å². The van der Waals surface area contributed by atoms with Gasteiger partial charge in [0, 0.05) is 37.0 Å². The summed E-state index contributed by atoms with van der Waals surface area (Å²) in [5, 5.41) is 16.8. The van der Waals surface area contributed by atoms with Gasteiger partial charge in [0.1, 0.15) is 12.4 Å². The largest absolute Gasteiger partial charge is 0.493 e. The molecule has 0 amide bonds. The number of benzene rings is 3. The molecule has 4 rings (SSSR count). The summed E-state index contributed by atoms with van der Waals surface area (Å²) in [4.78, 5) is 29.4. The molecule has 3 aromatic carbocycles. The average molecular weight is 723 g/mol. The Bertz CT molecular complexity index is 1640. The van der Waals surface area contributed by atoms with Gasteiger partial charge in [0.2, 0.25) is 5.75 Å². The molecule has 0 radical (unpaired) electrons. The van der Waals surface area contributed by atoms with Crippen molar-refractivity contribution in [2.24, 2.45) is 5.10 Å². The maximum atomic E-state index is 13.3. The van der Waals surface area contributed by atoms with Gasteiger partial charge in [-0.1, -0.05) is 67.2 Å². The highest BCUT2D eigenvalue weighted by Crippen LogP contribution is 2.39. The van der Waals surface area contributed by atoms with Crippen molar-refractivity contribution in [3.63, 3.8) is 0 Å². The van der Waals surface area contributed by atoms with E-state index < -0.39 is 4.92 Å². The first-order chi connectivity index (χ1) is 18.7. The third-order valence-electron chi connectivity index (χ3n) is 5.81. The number of methoxy groups -OCH3 is 1. The van der Waals surface area contributed by atoms with Crippen LogP contribution in [-0.4, -0.2) is 27.9 Å². The van der Waals surface area contributed by atoms with Crippen molar-refractivity contribution in [1.82, 2.24) is 9.66 Å². The number of aromatic nitrogens is 2. The van der Waals surface area contributed by atoms with Crippen molar-refractivity contribution in [1.29, 1.82) is 0 Å². The number of unbranched alkanes of at least 4 members (excludes halogenated alkanes) is 1. The van der Waals surface area contributed by atoms with Gasteiger partial charge in [-0.2, -0.15) is 9.78 Å². The minimum Gasteiger partial charge on any atom is -0.493 e. The van der Waals surface area contributed by atoms with Gasteiger partial charge in [0.25, 0.3) is 5.56 Å². The molecule has 202 valence electrons. The first-order valence-electron chi connectivity index (χ1n) is 11.9. The van der Waals surface area contributed by atoms with E-state index in [2.05, 4.69) is 57.9 Å². The molecule has 0 unspecified atom stereocenters. The lowest BCUT2D eigenvalue weighted by molar-refractivity contribution is -0.386. The Morgan fingerprint density at radius 3 is 2.54 bits per heavy atom.